The summed E-state index contributed by atoms with van der Waals surface area (Å²) in [5.41, 5.74) is 1.75. The molecule has 7 heteroatoms. The lowest BCUT2D eigenvalue weighted by Crippen LogP contribution is -2.02. The van der Waals surface area contributed by atoms with Gasteiger partial charge in [-0.15, -0.1) is 10.2 Å². The molecule has 2 fully saturated rings. The van der Waals surface area contributed by atoms with Gasteiger partial charge in [0.25, 0.3) is 0 Å². The van der Waals surface area contributed by atoms with E-state index in [0.29, 0.717) is 12.0 Å². The highest BCUT2D eigenvalue weighted by Crippen LogP contribution is 2.46. The van der Waals surface area contributed by atoms with Crippen molar-refractivity contribution in [2.75, 3.05) is 0 Å². The monoisotopic (exact) mass is 277 g/mol. The van der Waals surface area contributed by atoms with Crippen LogP contribution in [-0.4, -0.2) is 25.1 Å². The van der Waals surface area contributed by atoms with E-state index in [2.05, 4.69) is 25.1 Å². The zero-order chi connectivity index (χ0) is 12.8. The van der Waals surface area contributed by atoms with Crippen LogP contribution in [0.15, 0.2) is 9.79 Å². The maximum atomic E-state index is 4.72. The highest BCUT2D eigenvalue weighted by Gasteiger charge is 2.36. The first-order chi connectivity index (χ1) is 9.33. The second kappa shape index (κ2) is 4.33. The largest absolute Gasteiger partial charge is 0.303 e. The number of aryl methyl sites for hydroxylation is 1. The molecule has 2 aromatic rings. The lowest BCUT2D eigenvalue weighted by atomic mass is 10.4. The number of thioether (sulfide) groups is 1. The van der Waals surface area contributed by atoms with Crippen LogP contribution in [0.25, 0.3) is 0 Å². The standard InChI is InChI=1S/C12H15N5OS/c1-7-10(16-18-15-7)6-19-12-14-13-11(8-2-3-8)17(12)9-4-5-9/h8-9H,2-6H2,1H3. The quantitative estimate of drug-likeness (QED) is 0.782. The van der Waals surface area contributed by atoms with Gasteiger partial charge in [-0.2, -0.15) is 0 Å². The average molecular weight is 277 g/mol. The number of hydrogen-bond donors (Lipinski definition) is 0. The summed E-state index contributed by atoms with van der Waals surface area (Å²) in [4.78, 5) is 0. The van der Waals surface area contributed by atoms with Gasteiger partial charge < -0.3 is 4.57 Å². The maximum Gasteiger partial charge on any atom is 0.191 e. The summed E-state index contributed by atoms with van der Waals surface area (Å²) >= 11 is 1.68. The Kier molecular flexibility index (Phi) is 2.61. The fraction of sp³-hybridized carbons (Fsp3) is 0.667. The van der Waals surface area contributed by atoms with Crippen LogP contribution in [0.4, 0.5) is 0 Å². The zero-order valence-corrected chi connectivity index (χ0v) is 11.6. The highest BCUT2D eigenvalue weighted by atomic mass is 32.2. The Balaban J connectivity index is 1.55. The summed E-state index contributed by atoms with van der Waals surface area (Å²) in [6, 6.07) is 0.629. The normalized spacial score (nSPS) is 19.0. The van der Waals surface area contributed by atoms with Crippen LogP contribution in [0.1, 0.15) is 54.9 Å². The molecular formula is C12H15N5OS. The molecule has 4 rings (SSSR count). The second-order valence-electron chi connectivity index (χ2n) is 5.30. The van der Waals surface area contributed by atoms with Crippen molar-refractivity contribution in [1.82, 2.24) is 25.1 Å². The first-order valence-electron chi connectivity index (χ1n) is 6.68. The van der Waals surface area contributed by atoms with Gasteiger partial charge in [0.05, 0.1) is 0 Å². The van der Waals surface area contributed by atoms with Gasteiger partial charge >= 0.3 is 0 Å². The third-order valence-corrected chi connectivity index (χ3v) is 4.58. The molecule has 0 atom stereocenters. The number of rotatable bonds is 5. The van der Waals surface area contributed by atoms with E-state index in [1.807, 2.05) is 6.92 Å². The summed E-state index contributed by atoms with van der Waals surface area (Å²) in [5.74, 6) is 2.59. The minimum atomic E-state index is 0.629. The van der Waals surface area contributed by atoms with Crippen LogP contribution in [-0.2, 0) is 5.75 Å². The third-order valence-electron chi connectivity index (χ3n) is 3.63. The summed E-state index contributed by atoms with van der Waals surface area (Å²) in [7, 11) is 0. The first kappa shape index (κ1) is 11.5. The van der Waals surface area contributed by atoms with E-state index in [-0.39, 0.29) is 0 Å². The van der Waals surface area contributed by atoms with Gasteiger partial charge in [0.1, 0.15) is 17.2 Å². The van der Waals surface area contributed by atoms with Gasteiger partial charge in [0, 0.05) is 17.7 Å². The maximum absolute atomic E-state index is 4.72. The van der Waals surface area contributed by atoms with Crippen molar-refractivity contribution in [3.8, 4) is 0 Å². The van der Waals surface area contributed by atoms with E-state index in [4.69, 9.17) is 4.63 Å². The molecule has 19 heavy (non-hydrogen) atoms. The Bertz CT molecular complexity index is 599. The Morgan fingerprint density at radius 1 is 1.21 bits per heavy atom. The molecule has 2 aromatic heterocycles. The van der Waals surface area contributed by atoms with Gasteiger partial charge in [-0.05, 0) is 32.6 Å². The summed E-state index contributed by atoms with van der Waals surface area (Å²) in [6.45, 7) is 1.91. The van der Waals surface area contributed by atoms with E-state index in [0.717, 1.165) is 22.3 Å². The molecule has 100 valence electrons. The SMILES string of the molecule is Cc1nonc1CSc1nnc(C2CC2)n1C1CC1. The van der Waals surface area contributed by atoms with Crippen molar-refractivity contribution < 1.29 is 4.63 Å². The van der Waals surface area contributed by atoms with Crippen molar-refractivity contribution in [1.29, 1.82) is 0 Å². The van der Waals surface area contributed by atoms with Crippen molar-refractivity contribution in [3.63, 3.8) is 0 Å². The predicted octanol–water partition coefficient (Wildman–Crippen LogP) is 2.47. The second-order valence-corrected chi connectivity index (χ2v) is 6.24. The topological polar surface area (TPSA) is 69.6 Å². The smallest absolute Gasteiger partial charge is 0.191 e. The van der Waals surface area contributed by atoms with E-state index in [9.17, 15) is 0 Å². The fourth-order valence-corrected chi connectivity index (χ4v) is 3.20. The Labute approximate surface area is 114 Å². The van der Waals surface area contributed by atoms with Crippen molar-refractivity contribution >= 4 is 11.8 Å². The zero-order valence-electron chi connectivity index (χ0n) is 10.7. The predicted molar refractivity (Wildman–Crippen MR) is 68.9 cm³/mol. The first-order valence-corrected chi connectivity index (χ1v) is 7.67. The minimum absolute atomic E-state index is 0.629. The van der Waals surface area contributed by atoms with E-state index in [1.165, 1.54) is 31.5 Å². The molecule has 0 unspecified atom stereocenters. The molecule has 0 radical (unpaired) electrons. The van der Waals surface area contributed by atoms with Crippen LogP contribution in [0.5, 0.6) is 0 Å². The lowest BCUT2D eigenvalue weighted by Gasteiger charge is -2.07. The molecule has 2 aliphatic rings. The highest BCUT2D eigenvalue weighted by molar-refractivity contribution is 7.98. The van der Waals surface area contributed by atoms with E-state index in [1.54, 1.807) is 11.8 Å². The molecule has 0 saturated heterocycles. The third kappa shape index (κ3) is 2.16. The summed E-state index contributed by atoms with van der Waals surface area (Å²) in [6.07, 6.45) is 5.05. The van der Waals surface area contributed by atoms with Gasteiger partial charge in [-0.3, -0.25) is 0 Å². The summed E-state index contributed by atoms with van der Waals surface area (Å²) in [5, 5.41) is 17.5. The lowest BCUT2D eigenvalue weighted by molar-refractivity contribution is 0.302. The Hall–Kier alpha value is -1.37. The molecule has 0 aliphatic heterocycles. The molecule has 6 nitrogen and oxygen atoms in total. The molecule has 0 aromatic carbocycles. The molecule has 2 heterocycles. The van der Waals surface area contributed by atoms with Crippen LogP contribution < -0.4 is 0 Å². The van der Waals surface area contributed by atoms with Gasteiger partial charge in [0.15, 0.2) is 5.16 Å². The van der Waals surface area contributed by atoms with Gasteiger partial charge in [0.2, 0.25) is 0 Å². The Morgan fingerprint density at radius 3 is 2.68 bits per heavy atom. The van der Waals surface area contributed by atoms with Crippen molar-refractivity contribution in [3.05, 3.63) is 17.2 Å². The van der Waals surface area contributed by atoms with E-state index >= 15 is 0 Å². The van der Waals surface area contributed by atoms with Crippen molar-refractivity contribution in [2.24, 2.45) is 0 Å². The van der Waals surface area contributed by atoms with Gasteiger partial charge in [-0.25, -0.2) is 4.63 Å². The Morgan fingerprint density at radius 2 is 2.05 bits per heavy atom. The van der Waals surface area contributed by atoms with Crippen LogP contribution in [0.2, 0.25) is 0 Å². The molecule has 0 N–H and O–H groups in total. The molecule has 0 bridgehead atoms. The molecule has 0 amide bonds. The van der Waals surface area contributed by atoms with Crippen LogP contribution in [0, 0.1) is 6.92 Å². The number of hydrogen-bond acceptors (Lipinski definition) is 6. The number of aromatic nitrogens is 5. The average Bonchev–Trinajstić information content (AvgIpc) is 3.33. The van der Waals surface area contributed by atoms with Crippen LogP contribution >= 0.6 is 11.8 Å². The fourth-order valence-electron chi connectivity index (χ4n) is 2.20. The summed E-state index contributed by atoms with van der Waals surface area (Å²) < 4.78 is 7.07. The minimum Gasteiger partial charge on any atom is -0.303 e. The van der Waals surface area contributed by atoms with E-state index < -0.39 is 0 Å². The number of nitrogens with zero attached hydrogens (tertiary/aromatic N) is 5. The molecule has 0 spiro atoms. The molecular weight excluding hydrogens is 262 g/mol. The van der Waals surface area contributed by atoms with Crippen LogP contribution in [0.3, 0.4) is 0 Å². The van der Waals surface area contributed by atoms with Gasteiger partial charge in [-0.1, -0.05) is 22.1 Å². The molecule has 2 aliphatic carbocycles. The molecule has 2 saturated carbocycles. The van der Waals surface area contributed by atoms with Crippen molar-refractivity contribution in [2.45, 2.75) is 55.5 Å².